The molecule has 0 radical (unpaired) electrons. The van der Waals surface area contributed by atoms with Gasteiger partial charge in [-0.3, -0.25) is 0 Å². The van der Waals surface area contributed by atoms with Gasteiger partial charge in [0.2, 0.25) is 0 Å². The molecule has 0 aliphatic carbocycles. The van der Waals surface area contributed by atoms with Crippen LogP contribution in [0.2, 0.25) is 0 Å². The topological polar surface area (TPSA) is 0 Å². The van der Waals surface area contributed by atoms with Gasteiger partial charge in [0.25, 0.3) is 0 Å². The van der Waals surface area contributed by atoms with E-state index < -0.39 is 0 Å². The average Bonchev–Trinajstić information content (AvgIpc) is 2.39. The second-order valence-electron chi connectivity index (χ2n) is 4.09. The van der Waals surface area contributed by atoms with Gasteiger partial charge in [0.15, 0.2) is 0 Å². The summed E-state index contributed by atoms with van der Waals surface area (Å²) in [6.45, 7) is 0. The van der Waals surface area contributed by atoms with Crippen LogP contribution in [0, 0.1) is 5.75 Å². The Kier molecular flexibility index (Phi) is 4.30. The summed E-state index contributed by atoms with van der Waals surface area (Å²) in [6.07, 6.45) is 2.11. The molecule has 0 bridgehead atoms. The first-order valence-electron chi connectivity index (χ1n) is 5.66. The van der Waals surface area contributed by atoms with Crippen LogP contribution < -0.4 is 18.9 Å². The van der Waals surface area contributed by atoms with Gasteiger partial charge in [0.1, 0.15) is 0 Å². The minimum absolute atomic E-state index is 0. The van der Waals surface area contributed by atoms with Crippen LogP contribution in [0.4, 0.5) is 0 Å². The Morgan fingerprint density at radius 1 is 0.833 bits per heavy atom. The van der Waals surface area contributed by atoms with E-state index in [4.69, 9.17) is 0 Å². The van der Waals surface area contributed by atoms with Gasteiger partial charge in [-0.2, -0.15) is 5.56 Å². The second kappa shape index (κ2) is 5.76. The van der Waals surface area contributed by atoms with Crippen LogP contribution in [-0.2, 0) is 0 Å². The van der Waals surface area contributed by atoms with Gasteiger partial charge in [-0.05, 0) is 6.26 Å². The van der Waals surface area contributed by atoms with E-state index in [1.807, 2.05) is 0 Å². The molecule has 0 atom stereocenters. The quantitative estimate of drug-likeness (QED) is 0.377. The molecule has 0 amide bonds. The molecule has 3 rings (SSSR count). The fourth-order valence-electron chi connectivity index (χ4n) is 2.29. The maximum absolute atomic E-state index is 2.27. The fraction of sp³-hybridized carbons (Fsp3) is 0.0625. The summed E-state index contributed by atoms with van der Waals surface area (Å²) in [6, 6.07) is 19.4. The maximum atomic E-state index is 2.27. The van der Waals surface area contributed by atoms with Crippen LogP contribution in [0.3, 0.4) is 0 Å². The summed E-state index contributed by atoms with van der Waals surface area (Å²) < 4.78 is 0. The van der Waals surface area contributed by atoms with E-state index in [1.165, 1.54) is 27.1 Å². The Hall–Kier alpha value is -1.00. The predicted octanol–water partition coefficient (Wildman–Crippen LogP) is 1.87. The predicted molar refractivity (Wildman–Crippen MR) is 78.4 cm³/mol. The number of fused-ring (bicyclic) bond motifs is 2. The summed E-state index contributed by atoms with van der Waals surface area (Å²) >= 11 is 1.76. The number of rotatable bonds is 2. The van der Waals surface area contributed by atoms with Gasteiger partial charge < -0.3 is 0 Å². The molecule has 0 aromatic heterocycles. The van der Waals surface area contributed by atoms with Gasteiger partial charge in [-0.15, -0.1) is 28.7 Å². The molecule has 18 heavy (non-hydrogen) atoms. The molecule has 0 saturated heterocycles. The largest absolute Gasteiger partial charge is 1.00 e. The Labute approximate surface area is 124 Å². The van der Waals surface area contributed by atoms with E-state index >= 15 is 0 Å². The van der Waals surface area contributed by atoms with E-state index in [0.717, 1.165) is 0 Å². The summed E-state index contributed by atoms with van der Waals surface area (Å²) in [5, 5.41) is 5.29. The molecule has 0 saturated carbocycles. The Bertz CT molecular complexity index is 622. The standard InChI is InChI=1S/C16H13S.Li/c1-17-11-16-14-8-4-2-6-12(14)10-13-7-3-5-9-15(13)16;/h2-11H,1H3;/q-1;+1. The molecule has 84 valence electrons. The van der Waals surface area contributed by atoms with Gasteiger partial charge in [0, 0.05) is 0 Å². The van der Waals surface area contributed by atoms with Crippen LogP contribution in [-0.4, -0.2) is 6.26 Å². The Morgan fingerprint density at radius 2 is 1.33 bits per heavy atom. The third-order valence-electron chi connectivity index (χ3n) is 3.05. The Balaban J connectivity index is 0.00000120. The van der Waals surface area contributed by atoms with Crippen LogP contribution in [0.1, 0.15) is 5.56 Å². The summed E-state index contributed by atoms with van der Waals surface area (Å²) in [4.78, 5) is 0. The van der Waals surface area contributed by atoms with Crippen LogP contribution in [0.5, 0.6) is 0 Å². The van der Waals surface area contributed by atoms with E-state index in [2.05, 4.69) is 66.6 Å². The van der Waals surface area contributed by atoms with E-state index in [9.17, 15) is 0 Å². The van der Waals surface area contributed by atoms with Crippen LogP contribution in [0.25, 0.3) is 21.5 Å². The fourth-order valence-corrected chi connectivity index (χ4v) is 2.78. The van der Waals surface area contributed by atoms with Crippen molar-refractivity contribution in [2.24, 2.45) is 0 Å². The first-order valence-corrected chi connectivity index (χ1v) is 6.95. The van der Waals surface area contributed by atoms with Gasteiger partial charge in [-0.1, -0.05) is 53.2 Å². The molecule has 3 aromatic carbocycles. The number of hydrogen-bond donors (Lipinski definition) is 0. The molecule has 0 aliphatic heterocycles. The third-order valence-corrected chi connectivity index (χ3v) is 3.52. The van der Waals surface area contributed by atoms with Crippen molar-refractivity contribution in [2.45, 2.75) is 0 Å². The second-order valence-corrected chi connectivity index (χ2v) is 4.79. The summed E-state index contributed by atoms with van der Waals surface area (Å²) in [7, 11) is 0. The molecule has 0 nitrogen and oxygen atoms in total. The normalized spacial score (nSPS) is 10.3. The van der Waals surface area contributed by atoms with Crippen molar-refractivity contribution in [3.8, 4) is 0 Å². The van der Waals surface area contributed by atoms with Gasteiger partial charge >= 0.3 is 18.9 Å². The summed E-state index contributed by atoms with van der Waals surface area (Å²) in [5.74, 6) is 2.24. The molecular weight excluding hydrogens is 231 g/mol. The number of hydrogen-bond acceptors (Lipinski definition) is 1. The minimum atomic E-state index is 0. The van der Waals surface area contributed by atoms with Crippen molar-refractivity contribution in [3.63, 3.8) is 0 Å². The molecule has 0 heterocycles. The monoisotopic (exact) mass is 244 g/mol. The zero-order valence-electron chi connectivity index (χ0n) is 10.7. The Morgan fingerprint density at radius 3 is 1.83 bits per heavy atom. The van der Waals surface area contributed by atoms with Crippen molar-refractivity contribution >= 4 is 33.3 Å². The van der Waals surface area contributed by atoms with Crippen molar-refractivity contribution in [2.75, 3.05) is 6.26 Å². The molecule has 2 heteroatoms. The molecular formula is C16H13LiS. The number of thioether (sulfide) groups is 1. The van der Waals surface area contributed by atoms with Crippen molar-refractivity contribution in [1.29, 1.82) is 0 Å². The number of benzene rings is 3. The van der Waals surface area contributed by atoms with E-state index in [1.54, 1.807) is 11.8 Å². The van der Waals surface area contributed by atoms with Gasteiger partial charge in [0.05, 0.1) is 0 Å². The molecule has 0 aliphatic rings. The zero-order valence-corrected chi connectivity index (χ0v) is 11.5. The molecule has 0 unspecified atom stereocenters. The smallest absolute Gasteiger partial charge is 0.206 e. The summed E-state index contributed by atoms with van der Waals surface area (Å²) in [5.41, 5.74) is 1.34. The van der Waals surface area contributed by atoms with Crippen LogP contribution in [0.15, 0.2) is 54.6 Å². The van der Waals surface area contributed by atoms with Crippen molar-refractivity contribution in [3.05, 3.63) is 65.9 Å². The molecule has 0 fully saturated rings. The molecule has 0 spiro atoms. The molecule has 3 aromatic rings. The first-order chi connectivity index (χ1) is 8.40. The van der Waals surface area contributed by atoms with Crippen molar-refractivity contribution in [1.82, 2.24) is 0 Å². The minimum Gasteiger partial charge on any atom is -0.206 e. The van der Waals surface area contributed by atoms with E-state index in [0.29, 0.717) is 0 Å². The average molecular weight is 244 g/mol. The van der Waals surface area contributed by atoms with E-state index in [-0.39, 0.29) is 18.9 Å². The maximum Gasteiger partial charge on any atom is 1.00 e. The molecule has 0 N–H and O–H groups in total. The van der Waals surface area contributed by atoms with Gasteiger partial charge in [-0.25, -0.2) is 11.8 Å². The van der Waals surface area contributed by atoms with Crippen LogP contribution >= 0.6 is 11.8 Å². The SMILES string of the molecule is CS[CH-]c1c2ccccc2cc2ccccc12.[Li+]. The van der Waals surface area contributed by atoms with Crippen molar-refractivity contribution < 1.29 is 18.9 Å². The zero-order chi connectivity index (χ0) is 11.7. The first kappa shape index (κ1) is 13.4. The third kappa shape index (κ3) is 2.27.